The van der Waals surface area contributed by atoms with Gasteiger partial charge in [-0.3, -0.25) is 9.89 Å². The van der Waals surface area contributed by atoms with Gasteiger partial charge in [0.2, 0.25) is 5.82 Å². The normalized spacial score (nSPS) is 11.5. The summed E-state index contributed by atoms with van der Waals surface area (Å²) in [6, 6.07) is 0. The van der Waals surface area contributed by atoms with Gasteiger partial charge >= 0.3 is 0 Å². The van der Waals surface area contributed by atoms with Crippen molar-refractivity contribution in [2.45, 2.75) is 26.3 Å². The number of rotatable bonds is 4. The van der Waals surface area contributed by atoms with Crippen LogP contribution in [0.15, 0.2) is 0 Å². The predicted molar refractivity (Wildman–Crippen MR) is 54.5 cm³/mol. The minimum absolute atomic E-state index is 0.150. The number of amides is 1. The van der Waals surface area contributed by atoms with Crippen molar-refractivity contribution in [1.82, 2.24) is 20.5 Å². The lowest BCUT2D eigenvalue weighted by molar-refractivity contribution is 0.0810. The third kappa shape index (κ3) is 3.32. The minimum Gasteiger partial charge on any atom is -0.382 e. The monoisotopic (exact) mass is 212 g/mol. The zero-order chi connectivity index (χ0) is 11.5. The van der Waals surface area contributed by atoms with Crippen molar-refractivity contribution in [3.63, 3.8) is 0 Å². The van der Waals surface area contributed by atoms with Gasteiger partial charge in [0.1, 0.15) is 5.82 Å². The highest BCUT2D eigenvalue weighted by molar-refractivity contribution is 5.90. The van der Waals surface area contributed by atoms with Gasteiger partial charge in [0.15, 0.2) is 0 Å². The highest BCUT2D eigenvalue weighted by Crippen LogP contribution is 2.03. The molecule has 0 bridgehead atoms. The van der Waals surface area contributed by atoms with Gasteiger partial charge in [-0.05, 0) is 20.8 Å². The Morgan fingerprint density at radius 2 is 2.27 bits per heavy atom. The number of ether oxygens (including phenoxy) is 1. The molecule has 1 rings (SSSR count). The molecule has 15 heavy (non-hydrogen) atoms. The van der Waals surface area contributed by atoms with Gasteiger partial charge in [0.25, 0.3) is 5.91 Å². The SMILES string of the molecule is COCC(C)(C)NC(=O)c1n[nH]c(C)n1. The number of hydrogen-bond acceptors (Lipinski definition) is 4. The van der Waals surface area contributed by atoms with Gasteiger partial charge in [0, 0.05) is 7.11 Å². The summed E-state index contributed by atoms with van der Waals surface area (Å²) in [5, 5.41) is 9.16. The standard InChI is InChI=1S/C9H16N4O2/c1-6-10-7(13-12-6)8(14)11-9(2,3)5-15-4/h5H2,1-4H3,(H,11,14)(H,10,12,13). The first-order valence-electron chi connectivity index (χ1n) is 4.65. The van der Waals surface area contributed by atoms with Crippen LogP contribution in [0, 0.1) is 6.92 Å². The smallest absolute Gasteiger partial charge is 0.291 e. The topological polar surface area (TPSA) is 79.9 Å². The molecule has 0 saturated heterocycles. The average molecular weight is 212 g/mol. The van der Waals surface area contributed by atoms with Crippen LogP contribution in [0.1, 0.15) is 30.3 Å². The number of aryl methyl sites for hydroxylation is 1. The number of nitrogens with zero attached hydrogens (tertiary/aromatic N) is 2. The highest BCUT2D eigenvalue weighted by Gasteiger charge is 2.22. The number of methoxy groups -OCH3 is 1. The Hall–Kier alpha value is -1.43. The van der Waals surface area contributed by atoms with Crippen molar-refractivity contribution in [1.29, 1.82) is 0 Å². The van der Waals surface area contributed by atoms with E-state index in [0.717, 1.165) is 0 Å². The molecule has 1 aromatic rings. The average Bonchev–Trinajstić information content (AvgIpc) is 2.50. The number of carbonyl (C=O) groups is 1. The second kappa shape index (κ2) is 4.39. The van der Waals surface area contributed by atoms with Crippen molar-refractivity contribution >= 4 is 5.91 Å². The molecule has 2 N–H and O–H groups in total. The molecule has 1 heterocycles. The fourth-order valence-electron chi connectivity index (χ4n) is 1.20. The van der Waals surface area contributed by atoms with Gasteiger partial charge in [-0.2, -0.15) is 0 Å². The molecule has 0 unspecified atom stereocenters. The molecule has 0 atom stereocenters. The predicted octanol–water partition coefficient (Wildman–Crippen LogP) is 0.268. The van der Waals surface area contributed by atoms with Crippen LogP contribution in [0.2, 0.25) is 0 Å². The summed E-state index contributed by atoms with van der Waals surface area (Å²) in [5.41, 5.74) is -0.430. The molecule has 6 nitrogen and oxygen atoms in total. The maximum absolute atomic E-state index is 11.6. The lowest BCUT2D eigenvalue weighted by Gasteiger charge is -2.24. The van der Waals surface area contributed by atoms with Gasteiger partial charge in [-0.25, -0.2) is 4.98 Å². The summed E-state index contributed by atoms with van der Waals surface area (Å²) in [5.74, 6) is 0.461. The molecule has 0 aromatic carbocycles. The molecule has 0 spiro atoms. The maximum Gasteiger partial charge on any atom is 0.291 e. The molecule has 0 aliphatic rings. The van der Waals surface area contributed by atoms with E-state index in [0.29, 0.717) is 12.4 Å². The first-order chi connectivity index (χ1) is 6.94. The Balaban J connectivity index is 2.63. The van der Waals surface area contributed by atoms with E-state index in [-0.39, 0.29) is 11.7 Å². The molecule has 1 aromatic heterocycles. The molecular weight excluding hydrogens is 196 g/mol. The van der Waals surface area contributed by atoms with Crippen LogP contribution in [0.25, 0.3) is 0 Å². The van der Waals surface area contributed by atoms with Crippen molar-refractivity contribution in [3.8, 4) is 0 Å². The van der Waals surface area contributed by atoms with Gasteiger partial charge in [-0.1, -0.05) is 0 Å². The Kier molecular flexibility index (Phi) is 3.41. The fourth-order valence-corrected chi connectivity index (χ4v) is 1.20. The van der Waals surface area contributed by atoms with E-state index in [9.17, 15) is 4.79 Å². The van der Waals surface area contributed by atoms with Crippen LogP contribution >= 0.6 is 0 Å². The van der Waals surface area contributed by atoms with E-state index in [1.807, 2.05) is 13.8 Å². The quantitative estimate of drug-likeness (QED) is 0.750. The van der Waals surface area contributed by atoms with E-state index in [4.69, 9.17) is 4.74 Å². The van der Waals surface area contributed by atoms with Crippen LogP contribution in [-0.4, -0.2) is 40.3 Å². The summed E-state index contributed by atoms with van der Waals surface area (Å²) < 4.78 is 4.99. The fraction of sp³-hybridized carbons (Fsp3) is 0.667. The first kappa shape index (κ1) is 11.6. The first-order valence-corrected chi connectivity index (χ1v) is 4.65. The summed E-state index contributed by atoms with van der Waals surface area (Å²) in [4.78, 5) is 15.6. The lowest BCUT2D eigenvalue weighted by Crippen LogP contribution is -2.47. The largest absolute Gasteiger partial charge is 0.382 e. The number of aromatic amines is 1. The number of nitrogens with one attached hydrogen (secondary N) is 2. The molecule has 6 heteroatoms. The highest BCUT2D eigenvalue weighted by atomic mass is 16.5. The van der Waals surface area contributed by atoms with Crippen LogP contribution in [-0.2, 0) is 4.74 Å². The van der Waals surface area contributed by atoms with E-state index in [1.165, 1.54) is 0 Å². The van der Waals surface area contributed by atoms with E-state index in [1.54, 1.807) is 14.0 Å². The van der Waals surface area contributed by atoms with E-state index < -0.39 is 5.54 Å². The van der Waals surface area contributed by atoms with Crippen LogP contribution in [0.4, 0.5) is 0 Å². The van der Waals surface area contributed by atoms with Crippen molar-refractivity contribution in [3.05, 3.63) is 11.6 Å². The molecule has 0 aliphatic carbocycles. The molecule has 0 aliphatic heterocycles. The van der Waals surface area contributed by atoms with Crippen molar-refractivity contribution in [2.24, 2.45) is 0 Å². The molecule has 1 amide bonds. The van der Waals surface area contributed by atoms with E-state index >= 15 is 0 Å². The zero-order valence-electron chi connectivity index (χ0n) is 9.42. The number of hydrogen-bond donors (Lipinski definition) is 2. The molecule has 0 radical (unpaired) electrons. The Labute approximate surface area is 88.4 Å². The second-order valence-corrected chi connectivity index (χ2v) is 4.02. The Bertz CT molecular complexity index is 346. The van der Waals surface area contributed by atoms with Crippen LogP contribution < -0.4 is 5.32 Å². The number of H-pyrrole nitrogens is 1. The molecule has 0 fully saturated rings. The van der Waals surface area contributed by atoms with Crippen molar-refractivity contribution < 1.29 is 9.53 Å². The van der Waals surface area contributed by atoms with Gasteiger partial charge < -0.3 is 10.1 Å². The Morgan fingerprint density at radius 3 is 2.73 bits per heavy atom. The van der Waals surface area contributed by atoms with Gasteiger partial charge in [0.05, 0.1) is 12.1 Å². The lowest BCUT2D eigenvalue weighted by atomic mass is 10.1. The summed E-state index contributed by atoms with van der Waals surface area (Å²) in [6.07, 6.45) is 0. The molecular formula is C9H16N4O2. The number of aromatic nitrogens is 3. The van der Waals surface area contributed by atoms with Crippen molar-refractivity contribution in [2.75, 3.05) is 13.7 Å². The second-order valence-electron chi connectivity index (χ2n) is 4.02. The third-order valence-electron chi connectivity index (χ3n) is 1.76. The minimum atomic E-state index is -0.430. The van der Waals surface area contributed by atoms with E-state index in [2.05, 4.69) is 20.5 Å². The van der Waals surface area contributed by atoms with Crippen LogP contribution in [0.3, 0.4) is 0 Å². The molecule has 84 valence electrons. The third-order valence-corrected chi connectivity index (χ3v) is 1.76. The summed E-state index contributed by atoms with van der Waals surface area (Å²) in [7, 11) is 1.59. The Morgan fingerprint density at radius 1 is 1.60 bits per heavy atom. The maximum atomic E-state index is 11.6. The summed E-state index contributed by atoms with van der Waals surface area (Å²) >= 11 is 0. The zero-order valence-corrected chi connectivity index (χ0v) is 9.42. The van der Waals surface area contributed by atoms with Gasteiger partial charge in [-0.15, -0.1) is 5.10 Å². The van der Waals surface area contributed by atoms with Crippen LogP contribution in [0.5, 0.6) is 0 Å². The molecule has 0 saturated carbocycles. The summed E-state index contributed by atoms with van der Waals surface area (Å²) in [6.45, 7) is 5.91. The number of carbonyl (C=O) groups excluding carboxylic acids is 1.